The molecule has 4 rings (SSSR count). The van der Waals surface area contributed by atoms with E-state index in [-0.39, 0.29) is 6.03 Å². The summed E-state index contributed by atoms with van der Waals surface area (Å²) in [4.78, 5) is 31.9. The third-order valence-corrected chi connectivity index (χ3v) is 7.87. The van der Waals surface area contributed by atoms with Gasteiger partial charge in [-0.15, -0.1) is 11.8 Å². The molecule has 0 aliphatic carbocycles. The molecular formula is C19H22ClN5O3S2. The number of anilines is 2. The lowest BCUT2D eigenvalue weighted by atomic mass is 9.81. The standard InChI is InChI=1S/C19H22ClN5O3S2/c20-12-2-3-14-13(8-12)19(4-6-24(10-19)18(27)28)11-25(14)17(26)23-16-22-9-15(30-16)29-7-1-5-21/h2-3,8-9H,1,4-7,10-11,21H2,(H,27,28)(H,22,23,26). The third kappa shape index (κ3) is 4.09. The predicted molar refractivity (Wildman–Crippen MR) is 120 cm³/mol. The number of hydrogen-bond acceptors (Lipinski definition) is 6. The molecular weight excluding hydrogens is 446 g/mol. The number of thioether (sulfide) groups is 1. The lowest BCUT2D eigenvalue weighted by Gasteiger charge is -2.25. The molecule has 30 heavy (non-hydrogen) atoms. The maximum Gasteiger partial charge on any atom is 0.407 e. The van der Waals surface area contributed by atoms with Crippen molar-refractivity contribution >= 4 is 57.6 Å². The second kappa shape index (κ2) is 8.62. The molecule has 1 unspecified atom stereocenters. The molecule has 1 spiro atoms. The summed E-state index contributed by atoms with van der Waals surface area (Å²) < 4.78 is 1.02. The summed E-state index contributed by atoms with van der Waals surface area (Å²) in [7, 11) is 0. The number of amides is 3. The Labute approximate surface area is 187 Å². The monoisotopic (exact) mass is 467 g/mol. The summed E-state index contributed by atoms with van der Waals surface area (Å²) in [6, 6.07) is 5.15. The molecule has 0 radical (unpaired) electrons. The second-order valence-electron chi connectivity index (χ2n) is 7.39. The Morgan fingerprint density at radius 3 is 2.97 bits per heavy atom. The predicted octanol–water partition coefficient (Wildman–Crippen LogP) is 3.91. The Morgan fingerprint density at radius 2 is 2.23 bits per heavy atom. The maximum atomic E-state index is 13.1. The van der Waals surface area contributed by atoms with E-state index in [0.717, 1.165) is 27.6 Å². The molecule has 1 saturated heterocycles. The van der Waals surface area contributed by atoms with Crippen molar-refractivity contribution in [3.63, 3.8) is 0 Å². The summed E-state index contributed by atoms with van der Waals surface area (Å²) in [5.41, 5.74) is 6.77. The molecule has 2 aromatic rings. The number of hydrogen-bond donors (Lipinski definition) is 3. The largest absolute Gasteiger partial charge is 0.465 e. The van der Waals surface area contributed by atoms with Crippen molar-refractivity contribution in [1.82, 2.24) is 9.88 Å². The number of fused-ring (bicyclic) bond motifs is 2. The van der Waals surface area contributed by atoms with Gasteiger partial charge in [-0.2, -0.15) is 0 Å². The molecule has 4 N–H and O–H groups in total. The van der Waals surface area contributed by atoms with Crippen LogP contribution in [0.4, 0.5) is 20.4 Å². The summed E-state index contributed by atoms with van der Waals surface area (Å²) in [6.07, 6.45) is 2.38. The summed E-state index contributed by atoms with van der Waals surface area (Å²) in [5, 5.41) is 13.4. The minimum Gasteiger partial charge on any atom is -0.465 e. The van der Waals surface area contributed by atoms with E-state index in [1.807, 2.05) is 12.1 Å². The Balaban J connectivity index is 1.52. The van der Waals surface area contributed by atoms with E-state index in [2.05, 4.69) is 10.3 Å². The molecule has 1 aromatic carbocycles. The van der Waals surface area contributed by atoms with E-state index in [1.54, 1.807) is 28.9 Å². The van der Waals surface area contributed by atoms with Gasteiger partial charge in [0.1, 0.15) is 0 Å². The van der Waals surface area contributed by atoms with Gasteiger partial charge in [0.2, 0.25) is 0 Å². The van der Waals surface area contributed by atoms with Crippen LogP contribution in [0.3, 0.4) is 0 Å². The number of rotatable bonds is 5. The molecule has 0 bridgehead atoms. The highest BCUT2D eigenvalue weighted by Crippen LogP contribution is 2.47. The highest BCUT2D eigenvalue weighted by atomic mass is 35.5. The van der Waals surface area contributed by atoms with Gasteiger partial charge < -0.3 is 15.7 Å². The number of carboxylic acid groups (broad SMARTS) is 1. The number of aromatic nitrogens is 1. The number of likely N-dealkylation sites (tertiary alicyclic amines) is 1. The van der Waals surface area contributed by atoms with E-state index in [1.165, 1.54) is 16.2 Å². The number of urea groups is 1. The SMILES string of the molecule is NCCCSc1cnc(NC(=O)N2CC3(CCN(C(=O)O)C3)c3cc(Cl)ccc32)s1. The second-order valence-corrected chi connectivity index (χ2v) is 10.2. The Bertz CT molecular complexity index is 971. The summed E-state index contributed by atoms with van der Waals surface area (Å²) in [5.74, 6) is 0.912. The first-order valence-electron chi connectivity index (χ1n) is 9.57. The Kier molecular flexibility index (Phi) is 6.10. The fourth-order valence-corrected chi connectivity index (χ4v) is 6.08. The van der Waals surface area contributed by atoms with Crippen LogP contribution < -0.4 is 16.0 Å². The number of nitrogens with zero attached hydrogens (tertiary/aromatic N) is 3. The van der Waals surface area contributed by atoms with Gasteiger partial charge in [0, 0.05) is 41.5 Å². The molecule has 2 aliphatic heterocycles. The molecule has 160 valence electrons. The Hall–Kier alpha value is -2.01. The van der Waals surface area contributed by atoms with Gasteiger partial charge >= 0.3 is 12.1 Å². The van der Waals surface area contributed by atoms with Crippen LogP contribution in [0.1, 0.15) is 18.4 Å². The number of nitrogens with two attached hydrogens (primary N) is 1. The minimum atomic E-state index is -0.944. The average molecular weight is 468 g/mol. The Morgan fingerprint density at radius 1 is 1.40 bits per heavy atom. The van der Waals surface area contributed by atoms with Crippen molar-refractivity contribution in [1.29, 1.82) is 0 Å². The van der Waals surface area contributed by atoms with Crippen molar-refractivity contribution < 1.29 is 14.7 Å². The van der Waals surface area contributed by atoms with Crippen molar-refractivity contribution in [2.24, 2.45) is 5.73 Å². The lowest BCUT2D eigenvalue weighted by Crippen LogP contribution is -2.41. The molecule has 1 fully saturated rings. The van der Waals surface area contributed by atoms with Gasteiger partial charge in [0.15, 0.2) is 5.13 Å². The van der Waals surface area contributed by atoms with Gasteiger partial charge in [-0.1, -0.05) is 22.9 Å². The van der Waals surface area contributed by atoms with Gasteiger partial charge in [-0.05, 0) is 43.1 Å². The van der Waals surface area contributed by atoms with E-state index >= 15 is 0 Å². The minimum absolute atomic E-state index is 0.280. The molecule has 11 heteroatoms. The highest BCUT2D eigenvalue weighted by Gasteiger charge is 2.50. The lowest BCUT2D eigenvalue weighted by molar-refractivity contribution is 0.153. The van der Waals surface area contributed by atoms with E-state index in [9.17, 15) is 14.7 Å². The van der Waals surface area contributed by atoms with Crippen molar-refractivity contribution in [3.8, 4) is 0 Å². The first kappa shape index (κ1) is 21.2. The number of carbonyl (C=O) groups excluding carboxylic acids is 1. The molecule has 0 saturated carbocycles. The normalized spacial score (nSPS) is 20.1. The number of carbonyl (C=O) groups is 2. The molecule has 1 aromatic heterocycles. The highest BCUT2D eigenvalue weighted by molar-refractivity contribution is 8.01. The fraction of sp³-hybridized carbons (Fsp3) is 0.421. The smallest absolute Gasteiger partial charge is 0.407 e. The van der Waals surface area contributed by atoms with Crippen LogP contribution >= 0.6 is 34.7 Å². The van der Waals surface area contributed by atoms with Gasteiger partial charge in [0.25, 0.3) is 0 Å². The van der Waals surface area contributed by atoms with Crippen LogP contribution in [0.25, 0.3) is 0 Å². The first-order valence-corrected chi connectivity index (χ1v) is 11.7. The molecule has 8 nitrogen and oxygen atoms in total. The van der Waals surface area contributed by atoms with Crippen molar-refractivity contribution in [2.75, 3.05) is 42.1 Å². The van der Waals surface area contributed by atoms with Gasteiger partial charge in [-0.25, -0.2) is 14.6 Å². The first-order chi connectivity index (χ1) is 14.4. The fourth-order valence-electron chi connectivity index (χ4n) is 4.01. The number of benzene rings is 1. The average Bonchev–Trinajstić information content (AvgIpc) is 3.41. The molecule has 3 heterocycles. The molecule has 2 aliphatic rings. The van der Waals surface area contributed by atoms with Crippen molar-refractivity contribution in [3.05, 3.63) is 35.0 Å². The number of halogens is 1. The zero-order chi connectivity index (χ0) is 21.3. The third-order valence-electron chi connectivity index (χ3n) is 5.44. The topological polar surface area (TPSA) is 112 Å². The van der Waals surface area contributed by atoms with Gasteiger partial charge in [-0.3, -0.25) is 10.2 Å². The zero-order valence-corrected chi connectivity index (χ0v) is 18.5. The van der Waals surface area contributed by atoms with Crippen LogP contribution in [-0.4, -0.2) is 59.0 Å². The quantitative estimate of drug-likeness (QED) is 0.454. The van der Waals surface area contributed by atoms with E-state index in [0.29, 0.717) is 42.8 Å². The van der Waals surface area contributed by atoms with Crippen LogP contribution in [0.2, 0.25) is 5.02 Å². The maximum absolute atomic E-state index is 13.1. The van der Waals surface area contributed by atoms with E-state index < -0.39 is 11.5 Å². The van der Waals surface area contributed by atoms with Crippen LogP contribution in [0.15, 0.2) is 28.6 Å². The van der Waals surface area contributed by atoms with E-state index in [4.69, 9.17) is 17.3 Å². The molecule has 3 amide bonds. The van der Waals surface area contributed by atoms with Crippen LogP contribution in [0.5, 0.6) is 0 Å². The number of thiazole rings is 1. The number of nitrogens with one attached hydrogen (secondary N) is 1. The summed E-state index contributed by atoms with van der Waals surface area (Å²) >= 11 is 9.32. The molecule has 1 atom stereocenters. The summed E-state index contributed by atoms with van der Waals surface area (Å²) in [6.45, 7) is 1.84. The van der Waals surface area contributed by atoms with Crippen molar-refractivity contribution in [2.45, 2.75) is 22.5 Å². The zero-order valence-electron chi connectivity index (χ0n) is 16.1. The van der Waals surface area contributed by atoms with Gasteiger partial charge in [0.05, 0.1) is 10.4 Å². The van der Waals surface area contributed by atoms with Crippen LogP contribution in [0, 0.1) is 0 Å². The van der Waals surface area contributed by atoms with Crippen LogP contribution in [-0.2, 0) is 5.41 Å².